The Labute approximate surface area is 205 Å². The molecule has 4 rings (SSSR count). The molecule has 2 N–H and O–H groups in total. The van der Waals surface area contributed by atoms with Gasteiger partial charge in [-0.3, -0.25) is 9.59 Å². The normalized spacial score (nSPS) is 16.3. The Balaban J connectivity index is 1.20. The molecule has 0 saturated heterocycles. The Bertz CT molecular complexity index is 961. The first kappa shape index (κ1) is 24.7. The largest absolute Gasteiger partial charge is 0.490 e. The van der Waals surface area contributed by atoms with Crippen LogP contribution >= 0.6 is 0 Å². The van der Waals surface area contributed by atoms with Crippen LogP contribution in [0.25, 0.3) is 0 Å². The Morgan fingerprint density at radius 3 is 1.54 bits per heavy atom. The predicted molar refractivity (Wildman–Crippen MR) is 128 cm³/mol. The third-order valence-electron chi connectivity index (χ3n) is 5.76. The molecule has 0 saturated carbocycles. The van der Waals surface area contributed by atoms with E-state index in [1.54, 1.807) is 0 Å². The first-order chi connectivity index (χ1) is 17.0. The van der Waals surface area contributed by atoms with Crippen LogP contribution in [0.1, 0.15) is 49.9 Å². The lowest BCUT2D eigenvalue weighted by molar-refractivity contribution is -0.131. The molecule has 0 spiro atoms. The maximum absolute atomic E-state index is 12.3. The van der Waals surface area contributed by atoms with Gasteiger partial charge in [-0.15, -0.1) is 0 Å². The molecule has 0 radical (unpaired) electrons. The second kappa shape index (κ2) is 11.8. The summed E-state index contributed by atoms with van der Waals surface area (Å²) in [5.41, 5.74) is 1.79. The van der Waals surface area contributed by atoms with Crippen molar-refractivity contribution in [2.24, 2.45) is 0 Å². The van der Waals surface area contributed by atoms with Crippen LogP contribution in [0.15, 0.2) is 36.4 Å². The highest BCUT2D eigenvalue weighted by Crippen LogP contribution is 2.33. The summed E-state index contributed by atoms with van der Waals surface area (Å²) in [5, 5.41) is 5.75. The van der Waals surface area contributed by atoms with Crippen molar-refractivity contribution in [1.29, 1.82) is 0 Å². The zero-order valence-corrected chi connectivity index (χ0v) is 20.1. The van der Waals surface area contributed by atoms with Crippen LogP contribution in [0.4, 0.5) is 0 Å². The fourth-order valence-corrected chi connectivity index (χ4v) is 3.87. The number of carbonyl (C=O) groups is 2. The highest BCUT2D eigenvalue weighted by atomic mass is 16.5. The number of nitrogens with one attached hydrogen (secondary N) is 2. The van der Waals surface area contributed by atoms with Gasteiger partial charge in [-0.2, -0.15) is 0 Å². The number of amides is 2. The molecule has 2 atom stereocenters. The van der Waals surface area contributed by atoms with Gasteiger partial charge >= 0.3 is 0 Å². The maximum Gasteiger partial charge on any atom is 0.246 e. The topological polar surface area (TPSA) is 104 Å². The second-order valence-corrected chi connectivity index (χ2v) is 8.58. The predicted octanol–water partition coefficient (Wildman–Crippen LogP) is 3.08. The summed E-state index contributed by atoms with van der Waals surface area (Å²) >= 11 is 0. The average molecular weight is 485 g/mol. The number of carbonyl (C=O) groups excluding carboxylic acids is 2. The SMILES string of the molecule is CC(NC(=O)COCC(=O)NC(C)c1ccc2c(c1)OCCCO2)c1ccc2c(c1)OCCCO2. The summed E-state index contributed by atoms with van der Waals surface area (Å²) in [5.74, 6) is 2.15. The van der Waals surface area contributed by atoms with E-state index in [0.717, 1.165) is 24.0 Å². The molecule has 2 aliphatic rings. The van der Waals surface area contributed by atoms with Crippen LogP contribution in [0.3, 0.4) is 0 Å². The summed E-state index contributed by atoms with van der Waals surface area (Å²) in [7, 11) is 0. The molecule has 2 heterocycles. The van der Waals surface area contributed by atoms with Crippen molar-refractivity contribution in [2.75, 3.05) is 39.6 Å². The number of hydrogen-bond acceptors (Lipinski definition) is 7. The lowest BCUT2D eigenvalue weighted by atomic mass is 10.1. The number of hydrogen-bond donors (Lipinski definition) is 2. The maximum atomic E-state index is 12.3. The van der Waals surface area contributed by atoms with Gasteiger partial charge in [0.15, 0.2) is 23.0 Å². The van der Waals surface area contributed by atoms with Gasteiger partial charge < -0.3 is 34.3 Å². The molecule has 0 bridgehead atoms. The van der Waals surface area contributed by atoms with E-state index in [1.165, 1.54) is 0 Å². The minimum Gasteiger partial charge on any atom is -0.490 e. The van der Waals surface area contributed by atoms with E-state index in [2.05, 4.69) is 10.6 Å². The summed E-state index contributed by atoms with van der Waals surface area (Å²) in [4.78, 5) is 24.6. The summed E-state index contributed by atoms with van der Waals surface area (Å²) in [6.07, 6.45) is 1.66. The minimum atomic E-state index is -0.312. The number of rotatable bonds is 8. The Morgan fingerprint density at radius 1 is 0.714 bits per heavy atom. The molecule has 2 amide bonds. The van der Waals surface area contributed by atoms with Crippen LogP contribution < -0.4 is 29.6 Å². The molecule has 2 unspecified atom stereocenters. The smallest absolute Gasteiger partial charge is 0.246 e. The van der Waals surface area contributed by atoms with Gasteiger partial charge in [0, 0.05) is 12.8 Å². The van der Waals surface area contributed by atoms with Gasteiger partial charge in [0.1, 0.15) is 13.2 Å². The van der Waals surface area contributed by atoms with Gasteiger partial charge in [-0.25, -0.2) is 0 Å². The second-order valence-electron chi connectivity index (χ2n) is 8.58. The Morgan fingerprint density at radius 2 is 1.11 bits per heavy atom. The van der Waals surface area contributed by atoms with Crippen molar-refractivity contribution < 1.29 is 33.3 Å². The Hall–Kier alpha value is -3.46. The molecule has 2 aromatic carbocycles. The van der Waals surface area contributed by atoms with Crippen LogP contribution in [0.2, 0.25) is 0 Å². The molecule has 0 aliphatic carbocycles. The van der Waals surface area contributed by atoms with E-state index >= 15 is 0 Å². The fraction of sp³-hybridized carbons (Fsp3) is 0.462. The van der Waals surface area contributed by atoms with Gasteiger partial charge in [0.05, 0.1) is 38.5 Å². The van der Waals surface area contributed by atoms with Gasteiger partial charge in [0.25, 0.3) is 0 Å². The first-order valence-corrected chi connectivity index (χ1v) is 11.9. The third kappa shape index (κ3) is 6.79. The Kier molecular flexibility index (Phi) is 8.31. The lowest BCUT2D eigenvalue weighted by Gasteiger charge is -2.17. The van der Waals surface area contributed by atoms with Gasteiger partial charge in [-0.1, -0.05) is 12.1 Å². The van der Waals surface area contributed by atoms with Gasteiger partial charge in [-0.05, 0) is 49.2 Å². The van der Waals surface area contributed by atoms with E-state index in [1.807, 2.05) is 50.2 Å². The van der Waals surface area contributed by atoms with E-state index < -0.39 is 0 Å². The van der Waals surface area contributed by atoms with E-state index in [4.69, 9.17) is 23.7 Å². The molecule has 0 fully saturated rings. The van der Waals surface area contributed by atoms with Crippen molar-refractivity contribution in [3.8, 4) is 23.0 Å². The lowest BCUT2D eigenvalue weighted by Crippen LogP contribution is -2.34. The van der Waals surface area contributed by atoms with Crippen LogP contribution in [0, 0.1) is 0 Å². The first-order valence-electron chi connectivity index (χ1n) is 11.9. The molecule has 9 nitrogen and oxygen atoms in total. The standard InChI is InChI=1S/C26H32N2O7/c1-17(19-5-7-21-23(13-19)34-11-3-9-32-21)27-25(29)15-31-16-26(30)28-18(2)20-6-8-22-24(14-20)35-12-4-10-33-22/h5-8,13-14,17-18H,3-4,9-12,15-16H2,1-2H3,(H,27,29)(H,28,30). The quantitative estimate of drug-likeness (QED) is 0.593. The summed E-state index contributed by atoms with van der Waals surface area (Å²) in [6.45, 7) is 5.75. The zero-order chi connectivity index (χ0) is 24.6. The molecule has 2 aliphatic heterocycles. The number of ether oxygens (including phenoxy) is 5. The molecular formula is C26H32N2O7. The molecule has 188 valence electrons. The van der Waals surface area contributed by atoms with E-state index in [9.17, 15) is 9.59 Å². The third-order valence-corrected chi connectivity index (χ3v) is 5.76. The average Bonchev–Trinajstić information content (AvgIpc) is 3.23. The highest BCUT2D eigenvalue weighted by Gasteiger charge is 2.17. The van der Waals surface area contributed by atoms with E-state index in [0.29, 0.717) is 49.4 Å². The molecule has 9 heteroatoms. The van der Waals surface area contributed by atoms with Gasteiger partial charge in [0.2, 0.25) is 11.8 Å². The van der Waals surface area contributed by atoms with Crippen molar-refractivity contribution in [3.05, 3.63) is 47.5 Å². The van der Waals surface area contributed by atoms with Crippen LogP contribution in [-0.2, 0) is 14.3 Å². The zero-order valence-electron chi connectivity index (χ0n) is 20.1. The number of fused-ring (bicyclic) bond motifs is 2. The molecular weight excluding hydrogens is 452 g/mol. The highest BCUT2D eigenvalue weighted by molar-refractivity contribution is 5.80. The number of benzene rings is 2. The summed E-state index contributed by atoms with van der Waals surface area (Å²) in [6, 6.07) is 10.7. The van der Waals surface area contributed by atoms with Crippen LogP contribution in [-0.4, -0.2) is 51.5 Å². The molecule has 0 aromatic heterocycles. The van der Waals surface area contributed by atoms with Crippen molar-refractivity contribution in [1.82, 2.24) is 10.6 Å². The van der Waals surface area contributed by atoms with Crippen molar-refractivity contribution in [2.45, 2.75) is 38.8 Å². The monoisotopic (exact) mass is 484 g/mol. The van der Waals surface area contributed by atoms with Crippen molar-refractivity contribution in [3.63, 3.8) is 0 Å². The minimum absolute atomic E-state index is 0.222. The fourth-order valence-electron chi connectivity index (χ4n) is 3.87. The van der Waals surface area contributed by atoms with Crippen LogP contribution in [0.5, 0.6) is 23.0 Å². The molecule has 35 heavy (non-hydrogen) atoms. The summed E-state index contributed by atoms with van der Waals surface area (Å²) < 4.78 is 28.0. The van der Waals surface area contributed by atoms with Crippen molar-refractivity contribution >= 4 is 11.8 Å². The molecule has 2 aromatic rings. The van der Waals surface area contributed by atoms with E-state index in [-0.39, 0.29) is 37.1 Å².